The van der Waals surface area contributed by atoms with Gasteiger partial charge in [0.1, 0.15) is 12.1 Å². The third-order valence-corrected chi connectivity index (χ3v) is 7.30. The predicted octanol–water partition coefficient (Wildman–Crippen LogP) is 5.06. The average molecular weight is 606 g/mol. The Labute approximate surface area is 252 Å². The molecule has 0 radical (unpaired) electrons. The number of nitrogens with zero attached hydrogens (tertiary/aromatic N) is 1. The van der Waals surface area contributed by atoms with Gasteiger partial charge in [0.2, 0.25) is 5.89 Å². The molecule has 11 heteroatoms. The van der Waals surface area contributed by atoms with E-state index in [0.29, 0.717) is 23.8 Å². The fourth-order valence-electron chi connectivity index (χ4n) is 4.47. The second-order valence-corrected chi connectivity index (χ2v) is 10.8. The number of carboxylic acids is 1. The Morgan fingerprint density at radius 3 is 2.51 bits per heavy atom. The molecule has 4 rings (SSSR count). The van der Waals surface area contributed by atoms with Crippen molar-refractivity contribution in [1.82, 2.24) is 10.3 Å². The van der Waals surface area contributed by atoms with Crippen LogP contribution in [0.3, 0.4) is 0 Å². The number of aryl methyl sites for hydroxylation is 1. The minimum Gasteiger partial charge on any atom is -0.772 e. The maximum atomic E-state index is 13.3. The number of carbonyl (C=O) groups is 2. The monoisotopic (exact) mass is 605 g/mol. The van der Waals surface area contributed by atoms with Crippen LogP contribution in [0, 0.1) is 6.92 Å². The van der Waals surface area contributed by atoms with Crippen molar-refractivity contribution < 1.29 is 37.3 Å². The number of aromatic nitrogens is 1. The molecule has 43 heavy (non-hydrogen) atoms. The second kappa shape index (κ2) is 15.4. The van der Waals surface area contributed by atoms with Crippen LogP contribution in [0.5, 0.6) is 0 Å². The van der Waals surface area contributed by atoms with Gasteiger partial charge in [-0.25, -0.2) is 9.78 Å². The molecule has 0 saturated heterocycles. The van der Waals surface area contributed by atoms with Gasteiger partial charge in [-0.05, 0) is 66.8 Å². The van der Waals surface area contributed by atoms with Gasteiger partial charge in [0, 0.05) is 23.5 Å². The van der Waals surface area contributed by atoms with Crippen molar-refractivity contribution in [3.63, 3.8) is 0 Å². The van der Waals surface area contributed by atoms with Crippen LogP contribution < -0.4 is 5.32 Å². The van der Waals surface area contributed by atoms with Gasteiger partial charge in [0.15, 0.2) is 5.76 Å². The topological polar surface area (TPSA) is 151 Å². The van der Waals surface area contributed by atoms with Crippen LogP contribution >= 0.6 is 0 Å². The number of aliphatic carboxylic acids is 1. The zero-order chi connectivity index (χ0) is 30.8. The first-order valence-corrected chi connectivity index (χ1v) is 15.0. The molecule has 2 N–H and O–H groups in total. The minimum absolute atomic E-state index is 0.160. The van der Waals surface area contributed by atoms with Crippen molar-refractivity contribution >= 4 is 23.0 Å². The lowest BCUT2D eigenvalue weighted by molar-refractivity contribution is -0.139. The zero-order valence-electron chi connectivity index (χ0n) is 23.9. The van der Waals surface area contributed by atoms with Crippen molar-refractivity contribution in [3.05, 3.63) is 101 Å². The average Bonchev–Trinajstić information content (AvgIpc) is 3.50. The number of carbonyl (C=O) groups excluding carboxylic acids is 1. The molecule has 1 aromatic heterocycles. The number of rotatable bonds is 15. The standard InChI is InChI=1S/C32H34N2O8S/c1-3-40-20-29(28-18-33-31(42-28)23-10-5-4-6-11-23)41-19-22-13-14-25(26(17-22)24-12-8-7-9-21(24)2)30(35)34-27(32(36)37)15-16-43(38)39/h4-14,17-18,27,29H,3,15-16,19-20H2,1-2H3,(H,34,35)(H,36,37)(H,38,39)/p-1. The molecule has 0 aliphatic carbocycles. The largest absolute Gasteiger partial charge is 0.772 e. The normalized spacial score (nSPS) is 13.3. The molecule has 1 amide bonds. The Morgan fingerprint density at radius 2 is 1.81 bits per heavy atom. The van der Waals surface area contributed by atoms with E-state index in [4.69, 9.17) is 13.9 Å². The summed E-state index contributed by atoms with van der Waals surface area (Å²) < 4.78 is 39.9. The molecule has 0 aliphatic heterocycles. The van der Waals surface area contributed by atoms with Gasteiger partial charge in [-0.3, -0.25) is 9.00 Å². The van der Waals surface area contributed by atoms with Crippen LogP contribution in [0.25, 0.3) is 22.6 Å². The summed E-state index contributed by atoms with van der Waals surface area (Å²) in [5.41, 5.74) is 4.13. The Balaban J connectivity index is 1.59. The van der Waals surface area contributed by atoms with Gasteiger partial charge in [-0.2, -0.15) is 0 Å². The molecule has 3 aromatic carbocycles. The first kappa shape index (κ1) is 31.8. The number of oxazole rings is 1. The lowest BCUT2D eigenvalue weighted by atomic mass is 9.93. The molecule has 0 aliphatic rings. The molecule has 0 fully saturated rings. The number of nitrogens with one attached hydrogen (secondary N) is 1. The third kappa shape index (κ3) is 8.68. The highest BCUT2D eigenvalue weighted by Gasteiger charge is 2.24. The van der Waals surface area contributed by atoms with Crippen molar-refractivity contribution in [2.45, 2.75) is 39.0 Å². The fraction of sp³-hybridized carbons (Fsp3) is 0.281. The van der Waals surface area contributed by atoms with Gasteiger partial charge in [0.05, 0.1) is 19.4 Å². The summed E-state index contributed by atoms with van der Waals surface area (Å²) in [4.78, 5) is 29.4. The molecule has 3 atom stereocenters. The van der Waals surface area contributed by atoms with E-state index in [0.717, 1.165) is 22.3 Å². The van der Waals surface area contributed by atoms with Crippen LogP contribution in [0.1, 0.15) is 46.7 Å². The number of carboxylic acid groups (broad SMARTS) is 1. The van der Waals surface area contributed by atoms with Crippen molar-refractivity contribution in [1.29, 1.82) is 0 Å². The fourth-order valence-corrected chi connectivity index (χ4v) is 4.90. The summed E-state index contributed by atoms with van der Waals surface area (Å²) >= 11 is -2.43. The minimum atomic E-state index is -2.43. The van der Waals surface area contributed by atoms with Crippen molar-refractivity contribution in [2.24, 2.45) is 0 Å². The maximum absolute atomic E-state index is 13.3. The first-order valence-electron chi connectivity index (χ1n) is 13.8. The van der Waals surface area contributed by atoms with Crippen molar-refractivity contribution in [2.75, 3.05) is 19.0 Å². The summed E-state index contributed by atoms with van der Waals surface area (Å²) in [5.74, 6) is -1.34. The van der Waals surface area contributed by atoms with E-state index < -0.39 is 35.1 Å². The molecule has 10 nitrogen and oxygen atoms in total. The zero-order valence-corrected chi connectivity index (χ0v) is 24.7. The van der Waals surface area contributed by atoms with Gasteiger partial charge < -0.3 is 28.9 Å². The van der Waals surface area contributed by atoms with Gasteiger partial charge in [-0.1, -0.05) is 59.6 Å². The van der Waals surface area contributed by atoms with E-state index in [2.05, 4.69) is 10.3 Å². The van der Waals surface area contributed by atoms with E-state index in [1.165, 1.54) is 0 Å². The summed E-state index contributed by atoms with van der Waals surface area (Å²) in [7, 11) is 0. The highest BCUT2D eigenvalue weighted by Crippen LogP contribution is 2.30. The molecule has 3 unspecified atom stereocenters. The Morgan fingerprint density at radius 1 is 1.07 bits per heavy atom. The summed E-state index contributed by atoms with van der Waals surface area (Å²) in [6.07, 6.45) is 0.828. The van der Waals surface area contributed by atoms with Crippen LogP contribution in [-0.2, 0) is 32.0 Å². The number of benzene rings is 3. The first-order chi connectivity index (χ1) is 20.8. The molecule has 0 bridgehead atoms. The number of ether oxygens (including phenoxy) is 2. The number of hydrogen-bond acceptors (Lipinski definition) is 8. The van der Waals surface area contributed by atoms with Crippen molar-refractivity contribution in [3.8, 4) is 22.6 Å². The van der Waals surface area contributed by atoms with E-state index in [1.54, 1.807) is 18.3 Å². The number of amides is 1. The van der Waals surface area contributed by atoms with Gasteiger partial charge >= 0.3 is 5.97 Å². The third-order valence-electron chi connectivity index (χ3n) is 6.73. The van der Waals surface area contributed by atoms with E-state index in [1.807, 2.05) is 74.5 Å². The molecule has 0 spiro atoms. The van der Waals surface area contributed by atoms with Gasteiger partial charge in [0.25, 0.3) is 5.91 Å². The molecule has 4 aromatic rings. The van der Waals surface area contributed by atoms with Crippen LogP contribution in [0.2, 0.25) is 0 Å². The van der Waals surface area contributed by atoms with Crippen LogP contribution in [0.15, 0.2) is 83.4 Å². The van der Waals surface area contributed by atoms with Crippen LogP contribution in [0.4, 0.5) is 0 Å². The number of hydrogen-bond donors (Lipinski definition) is 2. The summed E-state index contributed by atoms with van der Waals surface area (Å²) in [6, 6.07) is 20.9. The summed E-state index contributed by atoms with van der Waals surface area (Å²) in [6.45, 7) is 4.70. The second-order valence-electron chi connectivity index (χ2n) is 9.75. The van der Waals surface area contributed by atoms with E-state index in [-0.39, 0.29) is 31.0 Å². The predicted molar refractivity (Wildman–Crippen MR) is 160 cm³/mol. The molecular weight excluding hydrogens is 572 g/mol. The lowest BCUT2D eigenvalue weighted by Crippen LogP contribution is -2.41. The molecule has 226 valence electrons. The summed E-state index contributed by atoms with van der Waals surface area (Å²) in [5, 5.41) is 12.0. The van der Waals surface area contributed by atoms with E-state index in [9.17, 15) is 23.5 Å². The highest BCUT2D eigenvalue weighted by molar-refractivity contribution is 7.79. The molecular formula is C32H33N2O8S-. The lowest BCUT2D eigenvalue weighted by Gasteiger charge is -2.19. The Kier molecular flexibility index (Phi) is 11.3. The smallest absolute Gasteiger partial charge is 0.326 e. The Bertz CT molecular complexity index is 1560. The Hall–Kier alpha value is -4.16. The van der Waals surface area contributed by atoms with E-state index >= 15 is 0 Å². The van der Waals surface area contributed by atoms with Gasteiger partial charge in [-0.15, -0.1) is 0 Å². The quantitative estimate of drug-likeness (QED) is 0.177. The SMILES string of the molecule is CCOCC(OCc1ccc(C(=O)NC(CCS(=O)[O-])C(=O)O)c(-c2ccccc2C)c1)c1cnc(-c2ccccc2)o1. The molecule has 0 saturated carbocycles. The maximum Gasteiger partial charge on any atom is 0.326 e. The highest BCUT2D eigenvalue weighted by atomic mass is 32.2. The van der Waals surface area contributed by atoms with Crippen LogP contribution in [-0.4, -0.2) is 55.7 Å². The molecule has 1 heterocycles.